The molecule has 0 aliphatic heterocycles. The summed E-state index contributed by atoms with van der Waals surface area (Å²) in [6.07, 6.45) is 2.29. The molecule has 0 aliphatic rings. The number of aliphatic hydroxyl groups is 3. The van der Waals surface area contributed by atoms with Crippen molar-refractivity contribution in [1.29, 1.82) is 0 Å². The van der Waals surface area contributed by atoms with Crippen molar-refractivity contribution >= 4 is 11.9 Å². The molecule has 0 radical (unpaired) electrons. The molecule has 0 aliphatic carbocycles. The van der Waals surface area contributed by atoms with Crippen LogP contribution in [0.2, 0.25) is 0 Å². The number of carbonyl (C=O) groups is 2. The van der Waals surface area contributed by atoms with Gasteiger partial charge in [-0.1, -0.05) is 6.92 Å². The first kappa shape index (κ1) is 16.6. The van der Waals surface area contributed by atoms with Gasteiger partial charge in [-0.05, 0) is 12.8 Å². The third kappa shape index (κ3) is 11.1. The van der Waals surface area contributed by atoms with Crippen molar-refractivity contribution in [3.8, 4) is 0 Å². The monoisotopic (exact) mass is 262 g/mol. The van der Waals surface area contributed by atoms with Gasteiger partial charge in [0.15, 0.2) is 0 Å². The topological polar surface area (TPSA) is 113 Å². The molecule has 0 aromatic rings. The summed E-state index contributed by atoms with van der Waals surface area (Å²) in [6, 6.07) is 0. The molecule has 0 amide bonds. The van der Waals surface area contributed by atoms with Crippen LogP contribution in [0.3, 0.4) is 0 Å². The van der Waals surface area contributed by atoms with Gasteiger partial charge < -0.3 is 24.8 Å². The highest BCUT2D eigenvalue weighted by molar-refractivity contribution is 5.91. The van der Waals surface area contributed by atoms with Crippen LogP contribution < -0.4 is 0 Å². The lowest BCUT2D eigenvalue weighted by molar-refractivity contribution is -0.315. The molecule has 0 saturated carbocycles. The van der Waals surface area contributed by atoms with E-state index < -0.39 is 17.9 Å². The van der Waals surface area contributed by atoms with E-state index in [4.69, 9.17) is 15.3 Å². The number of carbonyl (C=O) groups excluding carboxylic acids is 2. The summed E-state index contributed by atoms with van der Waals surface area (Å²) in [6.45, 7) is 2.02. The van der Waals surface area contributed by atoms with Crippen LogP contribution in [0.15, 0.2) is 12.2 Å². The van der Waals surface area contributed by atoms with Crippen molar-refractivity contribution in [3.63, 3.8) is 0 Å². The minimum absolute atomic E-state index is 0.0728. The Morgan fingerprint density at radius 2 is 1.56 bits per heavy atom. The van der Waals surface area contributed by atoms with Gasteiger partial charge >= 0.3 is 11.9 Å². The number of esters is 2. The summed E-state index contributed by atoms with van der Waals surface area (Å²) in [4.78, 5) is 22.0. The standard InChI is InChI=1S/C11H18O7/c1-2-7-17-9(12)4-5-10(13)18-8-3-6-11(14,15)16/h4-5,14-16H,2-3,6-8H2,1H3/b5-4-. The highest BCUT2D eigenvalue weighted by Crippen LogP contribution is 2.04. The van der Waals surface area contributed by atoms with Crippen LogP contribution in [0.1, 0.15) is 26.2 Å². The summed E-state index contributed by atoms with van der Waals surface area (Å²) in [7, 11) is 0. The van der Waals surface area contributed by atoms with E-state index in [1.54, 1.807) is 0 Å². The fourth-order valence-electron chi connectivity index (χ4n) is 0.917. The molecule has 7 heteroatoms. The number of rotatable bonds is 8. The Balaban J connectivity index is 3.71. The average Bonchev–Trinajstić information content (AvgIpc) is 2.28. The van der Waals surface area contributed by atoms with Gasteiger partial charge in [-0.15, -0.1) is 0 Å². The smallest absolute Gasteiger partial charge is 0.331 e. The number of hydrogen-bond donors (Lipinski definition) is 3. The maximum absolute atomic E-state index is 11.0. The van der Waals surface area contributed by atoms with E-state index in [-0.39, 0.29) is 26.1 Å². The lowest BCUT2D eigenvalue weighted by atomic mass is 10.3. The van der Waals surface area contributed by atoms with Crippen molar-refractivity contribution in [2.75, 3.05) is 13.2 Å². The third-order valence-electron chi connectivity index (χ3n) is 1.70. The van der Waals surface area contributed by atoms with Gasteiger partial charge in [0.05, 0.1) is 13.2 Å². The Hall–Kier alpha value is -1.44. The summed E-state index contributed by atoms with van der Waals surface area (Å²) in [5.74, 6) is -4.14. The normalized spacial score (nSPS) is 11.6. The van der Waals surface area contributed by atoms with E-state index in [1.165, 1.54) is 0 Å². The minimum Gasteiger partial charge on any atom is -0.463 e. The molecule has 0 bridgehead atoms. The highest BCUT2D eigenvalue weighted by Gasteiger charge is 2.17. The fraction of sp³-hybridized carbons (Fsp3) is 0.636. The molecular weight excluding hydrogens is 244 g/mol. The Labute approximate surface area is 105 Å². The highest BCUT2D eigenvalue weighted by atomic mass is 16.7. The van der Waals surface area contributed by atoms with Crippen molar-refractivity contribution in [2.24, 2.45) is 0 Å². The fourth-order valence-corrected chi connectivity index (χ4v) is 0.917. The molecule has 0 heterocycles. The van der Waals surface area contributed by atoms with Crippen molar-refractivity contribution in [3.05, 3.63) is 12.2 Å². The first-order valence-corrected chi connectivity index (χ1v) is 5.54. The minimum atomic E-state index is -2.76. The number of hydrogen-bond acceptors (Lipinski definition) is 7. The number of ether oxygens (including phenoxy) is 2. The van der Waals surface area contributed by atoms with E-state index in [9.17, 15) is 9.59 Å². The molecule has 0 unspecified atom stereocenters. The van der Waals surface area contributed by atoms with Crippen LogP contribution in [-0.2, 0) is 19.1 Å². The quantitative estimate of drug-likeness (QED) is 0.233. The summed E-state index contributed by atoms with van der Waals surface area (Å²) in [5, 5.41) is 25.6. The van der Waals surface area contributed by atoms with Crippen LogP contribution >= 0.6 is 0 Å². The Morgan fingerprint density at radius 1 is 1.06 bits per heavy atom. The van der Waals surface area contributed by atoms with Crippen LogP contribution in [0, 0.1) is 0 Å². The average molecular weight is 262 g/mol. The first-order valence-electron chi connectivity index (χ1n) is 5.54. The molecule has 7 nitrogen and oxygen atoms in total. The molecule has 0 aromatic heterocycles. The van der Waals surface area contributed by atoms with Gasteiger partial charge in [-0.2, -0.15) is 0 Å². The zero-order chi connectivity index (χ0) is 14.0. The molecule has 0 fully saturated rings. The molecule has 0 rings (SSSR count). The van der Waals surface area contributed by atoms with Gasteiger partial charge in [-0.3, -0.25) is 0 Å². The Kier molecular flexibility index (Phi) is 7.93. The van der Waals surface area contributed by atoms with Gasteiger partial charge in [0.25, 0.3) is 5.97 Å². The second-order valence-electron chi connectivity index (χ2n) is 3.55. The molecule has 104 valence electrons. The lowest BCUT2D eigenvalue weighted by Gasteiger charge is -2.12. The molecule has 18 heavy (non-hydrogen) atoms. The summed E-state index contributed by atoms with van der Waals surface area (Å²) in [5.41, 5.74) is 0. The van der Waals surface area contributed by atoms with Gasteiger partial charge in [0.2, 0.25) is 0 Å². The predicted octanol–water partition coefficient (Wildman–Crippen LogP) is -0.550. The Bertz CT molecular complexity index is 290. The zero-order valence-corrected chi connectivity index (χ0v) is 10.2. The van der Waals surface area contributed by atoms with E-state index in [2.05, 4.69) is 9.47 Å². The van der Waals surface area contributed by atoms with Crippen LogP contribution in [0.5, 0.6) is 0 Å². The lowest BCUT2D eigenvalue weighted by Crippen LogP contribution is -2.27. The van der Waals surface area contributed by atoms with Gasteiger partial charge in [0, 0.05) is 18.6 Å². The second kappa shape index (κ2) is 8.62. The predicted molar refractivity (Wildman–Crippen MR) is 60.0 cm³/mol. The molecule has 0 atom stereocenters. The van der Waals surface area contributed by atoms with E-state index in [0.717, 1.165) is 12.2 Å². The van der Waals surface area contributed by atoms with Gasteiger partial charge in [0.1, 0.15) is 0 Å². The van der Waals surface area contributed by atoms with Crippen LogP contribution in [-0.4, -0.2) is 46.4 Å². The third-order valence-corrected chi connectivity index (χ3v) is 1.70. The van der Waals surface area contributed by atoms with Gasteiger partial charge in [-0.25, -0.2) is 9.59 Å². The second-order valence-corrected chi connectivity index (χ2v) is 3.55. The summed E-state index contributed by atoms with van der Waals surface area (Å²) >= 11 is 0. The van der Waals surface area contributed by atoms with Crippen molar-refractivity contribution < 1.29 is 34.4 Å². The molecule has 3 N–H and O–H groups in total. The van der Waals surface area contributed by atoms with E-state index >= 15 is 0 Å². The molecule has 0 saturated heterocycles. The zero-order valence-electron chi connectivity index (χ0n) is 10.2. The maximum Gasteiger partial charge on any atom is 0.331 e. The van der Waals surface area contributed by atoms with Crippen molar-refractivity contribution in [1.82, 2.24) is 0 Å². The molecular formula is C11H18O7. The van der Waals surface area contributed by atoms with Crippen LogP contribution in [0.4, 0.5) is 0 Å². The summed E-state index contributed by atoms with van der Waals surface area (Å²) < 4.78 is 9.30. The van der Waals surface area contributed by atoms with Crippen molar-refractivity contribution in [2.45, 2.75) is 32.2 Å². The molecule has 0 aromatic carbocycles. The van der Waals surface area contributed by atoms with Crippen LogP contribution in [0.25, 0.3) is 0 Å². The van der Waals surface area contributed by atoms with E-state index in [0.29, 0.717) is 6.42 Å². The first-order chi connectivity index (χ1) is 8.35. The van der Waals surface area contributed by atoms with E-state index in [1.807, 2.05) is 6.92 Å². The SMILES string of the molecule is CCCOC(=O)/C=C\C(=O)OCCCC(O)(O)O. The maximum atomic E-state index is 11.0. The molecule has 0 spiro atoms. The largest absolute Gasteiger partial charge is 0.463 e. The Morgan fingerprint density at radius 3 is 2.00 bits per heavy atom.